The van der Waals surface area contributed by atoms with E-state index in [1.165, 1.54) is 19.3 Å². The Kier molecular flexibility index (Phi) is 4.46. The van der Waals surface area contributed by atoms with Crippen LogP contribution in [0.25, 0.3) is 0 Å². The number of hydrogen-bond acceptors (Lipinski definition) is 4. The van der Waals surface area contributed by atoms with Gasteiger partial charge in [0.25, 0.3) is 0 Å². The molecule has 110 valence electrons. The summed E-state index contributed by atoms with van der Waals surface area (Å²) >= 11 is 6.22. The number of halogens is 1. The van der Waals surface area contributed by atoms with E-state index in [0.29, 0.717) is 26.0 Å². The molecule has 1 unspecified atom stereocenters. The lowest BCUT2D eigenvalue weighted by atomic mass is 10.0. The average molecular weight is 297 g/mol. The summed E-state index contributed by atoms with van der Waals surface area (Å²) in [5.74, 6) is 0.946. The van der Waals surface area contributed by atoms with Gasteiger partial charge in [-0.1, -0.05) is 18.0 Å². The molecule has 2 aliphatic rings. The van der Waals surface area contributed by atoms with Gasteiger partial charge in [-0.15, -0.1) is 0 Å². The van der Waals surface area contributed by atoms with E-state index < -0.39 is 0 Å². The van der Waals surface area contributed by atoms with Gasteiger partial charge in [0.15, 0.2) is 6.79 Å². The second kappa shape index (κ2) is 6.31. The van der Waals surface area contributed by atoms with E-state index in [-0.39, 0.29) is 0 Å². The number of nitrogens with zero attached hydrogens (tertiary/aromatic N) is 1. The van der Waals surface area contributed by atoms with Crippen molar-refractivity contribution in [2.24, 2.45) is 5.73 Å². The molecule has 2 N–H and O–H groups in total. The van der Waals surface area contributed by atoms with Crippen LogP contribution in [0.5, 0.6) is 5.75 Å². The zero-order valence-corrected chi connectivity index (χ0v) is 12.4. The Labute approximate surface area is 124 Å². The number of fused-ring (bicyclic) bond motifs is 1. The Morgan fingerprint density at radius 1 is 1.35 bits per heavy atom. The fourth-order valence-corrected chi connectivity index (χ4v) is 3.39. The Bertz CT molecular complexity index is 481. The van der Waals surface area contributed by atoms with E-state index >= 15 is 0 Å². The molecule has 1 fully saturated rings. The number of piperidine rings is 1. The van der Waals surface area contributed by atoms with Crippen LogP contribution in [-0.4, -0.2) is 30.8 Å². The minimum absolute atomic E-state index is 0.321. The first-order chi connectivity index (χ1) is 9.78. The van der Waals surface area contributed by atoms with Crippen molar-refractivity contribution in [3.63, 3.8) is 0 Å². The lowest BCUT2D eigenvalue weighted by Gasteiger charge is -2.35. The van der Waals surface area contributed by atoms with Crippen molar-refractivity contribution in [3.8, 4) is 5.75 Å². The van der Waals surface area contributed by atoms with Crippen molar-refractivity contribution in [2.45, 2.75) is 38.5 Å². The molecule has 20 heavy (non-hydrogen) atoms. The van der Waals surface area contributed by atoms with Gasteiger partial charge in [-0.2, -0.15) is 0 Å². The number of likely N-dealkylation sites (tertiary alicyclic amines) is 1. The molecule has 5 heteroatoms. The SMILES string of the molecule is NCC1CCCCN1Cc1cc(Cl)cc2c1OCOC2. The lowest BCUT2D eigenvalue weighted by molar-refractivity contribution is -0.0177. The zero-order chi connectivity index (χ0) is 13.9. The number of ether oxygens (including phenoxy) is 2. The molecule has 3 rings (SSSR count). The molecule has 0 aliphatic carbocycles. The van der Waals surface area contributed by atoms with E-state index in [2.05, 4.69) is 4.90 Å². The first-order valence-corrected chi connectivity index (χ1v) is 7.61. The molecule has 1 saturated heterocycles. The van der Waals surface area contributed by atoms with Crippen molar-refractivity contribution in [2.75, 3.05) is 19.9 Å². The van der Waals surface area contributed by atoms with Gasteiger partial charge in [-0.3, -0.25) is 4.90 Å². The smallest absolute Gasteiger partial charge is 0.189 e. The van der Waals surface area contributed by atoms with E-state index in [1.54, 1.807) is 0 Å². The van der Waals surface area contributed by atoms with E-state index in [4.69, 9.17) is 26.8 Å². The lowest BCUT2D eigenvalue weighted by Crippen LogP contribution is -2.43. The van der Waals surface area contributed by atoms with Crippen LogP contribution in [0.4, 0.5) is 0 Å². The normalized spacial score (nSPS) is 23.2. The first-order valence-electron chi connectivity index (χ1n) is 7.24. The summed E-state index contributed by atoms with van der Waals surface area (Å²) in [6.07, 6.45) is 3.70. The van der Waals surface area contributed by atoms with Crippen molar-refractivity contribution in [3.05, 3.63) is 28.3 Å². The average Bonchev–Trinajstić information content (AvgIpc) is 2.47. The molecule has 0 saturated carbocycles. The van der Waals surface area contributed by atoms with E-state index in [1.807, 2.05) is 12.1 Å². The summed E-state index contributed by atoms with van der Waals surface area (Å²) in [7, 11) is 0. The quantitative estimate of drug-likeness (QED) is 0.931. The zero-order valence-electron chi connectivity index (χ0n) is 11.6. The van der Waals surface area contributed by atoms with Crippen LogP contribution in [0.2, 0.25) is 5.02 Å². The second-order valence-electron chi connectivity index (χ2n) is 5.52. The van der Waals surface area contributed by atoms with Crippen LogP contribution >= 0.6 is 11.6 Å². The fourth-order valence-electron chi connectivity index (χ4n) is 3.13. The van der Waals surface area contributed by atoms with Gasteiger partial charge in [-0.05, 0) is 31.5 Å². The molecular formula is C15H21ClN2O2. The van der Waals surface area contributed by atoms with Crippen LogP contribution in [0, 0.1) is 0 Å². The number of benzene rings is 1. The van der Waals surface area contributed by atoms with Gasteiger partial charge in [0.2, 0.25) is 0 Å². The van der Waals surface area contributed by atoms with E-state index in [9.17, 15) is 0 Å². The molecule has 2 heterocycles. The van der Waals surface area contributed by atoms with Gasteiger partial charge in [-0.25, -0.2) is 0 Å². The largest absolute Gasteiger partial charge is 0.467 e. The number of rotatable bonds is 3. The van der Waals surface area contributed by atoms with Gasteiger partial charge in [0.1, 0.15) is 5.75 Å². The molecule has 0 amide bonds. The molecule has 0 spiro atoms. The maximum absolute atomic E-state index is 6.22. The summed E-state index contributed by atoms with van der Waals surface area (Å²) in [6, 6.07) is 4.41. The van der Waals surface area contributed by atoms with Gasteiger partial charge < -0.3 is 15.2 Å². The molecule has 1 aromatic rings. The highest BCUT2D eigenvalue weighted by molar-refractivity contribution is 6.30. The maximum atomic E-state index is 6.22. The molecule has 0 aromatic heterocycles. The van der Waals surface area contributed by atoms with Crippen LogP contribution < -0.4 is 10.5 Å². The Balaban J connectivity index is 1.84. The maximum Gasteiger partial charge on any atom is 0.189 e. The van der Waals surface area contributed by atoms with Crippen LogP contribution in [0.3, 0.4) is 0 Å². The predicted octanol–water partition coefficient (Wildman–Crippen LogP) is 2.52. The molecule has 0 radical (unpaired) electrons. The molecular weight excluding hydrogens is 276 g/mol. The summed E-state index contributed by atoms with van der Waals surface area (Å²) in [6.45, 7) is 3.56. The standard InChI is InChI=1S/C15H21ClN2O2/c16-13-5-11(15-12(6-13)9-19-10-20-15)8-18-4-2-1-3-14(18)7-17/h5-6,14H,1-4,7-10,17H2. The highest BCUT2D eigenvalue weighted by Gasteiger charge is 2.24. The topological polar surface area (TPSA) is 47.7 Å². The summed E-state index contributed by atoms with van der Waals surface area (Å²) in [5.41, 5.74) is 8.09. The Hall–Kier alpha value is -0.810. The molecule has 1 aromatic carbocycles. The van der Waals surface area contributed by atoms with Crippen molar-refractivity contribution >= 4 is 11.6 Å². The van der Waals surface area contributed by atoms with Gasteiger partial charge >= 0.3 is 0 Å². The third-order valence-corrected chi connectivity index (χ3v) is 4.36. The minimum Gasteiger partial charge on any atom is -0.467 e. The molecule has 1 atom stereocenters. The molecule has 2 aliphatic heterocycles. The third-order valence-electron chi connectivity index (χ3n) is 4.15. The van der Waals surface area contributed by atoms with Crippen molar-refractivity contribution in [1.82, 2.24) is 4.90 Å². The van der Waals surface area contributed by atoms with Crippen LogP contribution in [0.15, 0.2) is 12.1 Å². The first kappa shape index (κ1) is 14.1. The van der Waals surface area contributed by atoms with E-state index in [0.717, 1.165) is 35.0 Å². The highest BCUT2D eigenvalue weighted by atomic mass is 35.5. The highest BCUT2D eigenvalue weighted by Crippen LogP contribution is 2.33. The Morgan fingerprint density at radius 3 is 3.10 bits per heavy atom. The van der Waals surface area contributed by atoms with Crippen LogP contribution in [-0.2, 0) is 17.9 Å². The predicted molar refractivity (Wildman–Crippen MR) is 78.8 cm³/mol. The minimum atomic E-state index is 0.321. The summed E-state index contributed by atoms with van der Waals surface area (Å²) in [5, 5.41) is 0.745. The monoisotopic (exact) mass is 296 g/mol. The number of hydrogen-bond donors (Lipinski definition) is 1. The summed E-state index contributed by atoms with van der Waals surface area (Å²) in [4.78, 5) is 2.45. The van der Waals surface area contributed by atoms with Gasteiger partial charge in [0, 0.05) is 35.3 Å². The van der Waals surface area contributed by atoms with Gasteiger partial charge in [0.05, 0.1) is 6.61 Å². The third kappa shape index (κ3) is 2.93. The number of nitrogens with two attached hydrogens (primary N) is 1. The summed E-state index contributed by atoms with van der Waals surface area (Å²) < 4.78 is 11.0. The molecule has 0 bridgehead atoms. The van der Waals surface area contributed by atoms with Crippen molar-refractivity contribution < 1.29 is 9.47 Å². The fraction of sp³-hybridized carbons (Fsp3) is 0.600. The second-order valence-corrected chi connectivity index (χ2v) is 5.96. The Morgan fingerprint density at radius 2 is 2.25 bits per heavy atom. The van der Waals surface area contributed by atoms with Crippen LogP contribution in [0.1, 0.15) is 30.4 Å². The van der Waals surface area contributed by atoms with Crippen molar-refractivity contribution in [1.29, 1.82) is 0 Å². The molecule has 4 nitrogen and oxygen atoms in total.